The van der Waals surface area contributed by atoms with Crippen molar-refractivity contribution in [3.63, 3.8) is 0 Å². The lowest BCUT2D eigenvalue weighted by Crippen LogP contribution is -2.35. The molecule has 0 bridgehead atoms. The number of unbranched alkanes of at least 4 members (excludes halogenated alkanes) is 1. The quantitative estimate of drug-likeness (QED) is 0.392. The average Bonchev–Trinajstić information content (AvgIpc) is 2.11. The van der Waals surface area contributed by atoms with Gasteiger partial charge in [0.15, 0.2) is 0 Å². The van der Waals surface area contributed by atoms with Crippen molar-refractivity contribution in [1.29, 1.82) is 0 Å². The minimum atomic E-state index is 0.365. The van der Waals surface area contributed by atoms with Crippen LogP contribution in [-0.4, -0.2) is 23.3 Å². The van der Waals surface area contributed by atoms with Crippen LogP contribution in [0.25, 0.3) is 0 Å². The largest absolute Gasteiger partial charge is 0.269 e. The van der Waals surface area contributed by atoms with Gasteiger partial charge in [-0.25, -0.2) is 5.01 Å². The van der Waals surface area contributed by atoms with Crippen LogP contribution in [0.2, 0.25) is 0 Å². The highest BCUT2D eigenvalue weighted by atomic mass is 31.0. The van der Waals surface area contributed by atoms with Gasteiger partial charge in [0.1, 0.15) is 0 Å². The highest BCUT2D eigenvalue weighted by molar-refractivity contribution is 7.18. The molecule has 80 valence electrons. The van der Waals surface area contributed by atoms with Crippen LogP contribution in [-0.2, 0) is 0 Å². The van der Waals surface area contributed by atoms with E-state index >= 15 is 0 Å². The van der Waals surface area contributed by atoms with Crippen molar-refractivity contribution in [1.82, 2.24) is 5.01 Å². The van der Waals surface area contributed by atoms with Crippen LogP contribution in [0.4, 0.5) is 0 Å². The van der Waals surface area contributed by atoms with Gasteiger partial charge in [-0.1, -0.05) is 27.2 Å². The van der Waals surface area contributed by atoms with Crippen LogP contribution in [0.1, 0.15) is 46.5 Å². The molecule has 2 unspecified atom stereocenters. The Morgan fingerprint density at radius 2 is 1.92 bits per heavy atom. The summed E-state index contributed by atoms with van der Waals surface area (Å²) in [7, 11) is 2.92. The lowest BCUT2D eigenvalue weighted by atomic mass is 10.0. The first kappa shape index (κ1) is 13.4. The van der Waals surface area contributed by atoms with E-state index in [0.717, 1.165) is 19.5 Å². The Balaban J connectivity index is 3.51. The maximum atomic E-state index is 5.85. The molecular formula is C10H25N2P. The Morgan fingerprint density at radius 1 is 1.31 bits per heavy atom. The molecule has 0 aliphatic carbocycles. The summed E-state index contributed by atoms with van der Waals surface area (Å²) in [5, 5.41) is 2.31. The van der Waals surface area contributed by atoms with Crippen molar-refractivity contribution in [3.8, 4) is 0 Å². The second-order valence-corrected chi connectivity index (χ2v) is 5.54. The fourth-order valence-electron chi connectivity index (χ4n) is 1.05. The van der Waals surface area contributed by atoms with Gasteiger partial charge in [-0.2, -0.15) is 0 Å². The molecule has 0 aromatic rings. The van der Waals surface area contributed by atoms with Crippen LogP contribution in [0.5, 0.6) is 0 Å². The fourth-order valence-corrected chi connectivity index (χ4v) is 1.18. The van der Waals surface area contributed by atoms with Gasteiger partial charge < -0.3 is 0 Å². The number of hydrogen-bond acceptors (Lipinski definition) is 2. The monoisotopic (exact) mass is 204 g/mol. The van der Waals surface area contributed by atoms with Gasteiger partial charge in [0.2, 0.25) is 0 Å². The van der Waals surface area contributed by atoms with Crippen LogP contribution in [0, 0.1) is 0 Å². The zero-order chi connectivity index (χ0) is 10.3. The summed E-state index contributed by atoms with van der Waals surface area (Å²) in [5.74, 6) is 5.85. The van der Waals surface area contributed by atoms with Crippen LogP contribution >= 0.6 is 9.24 Å². The Hall–Kier alpha value is 0.350. The summed E-state index contributed by atoms with van der Waals surface area (Å²) in [6.07, 6.45) is 4.78. The summed E-state index contributed by atoms with van der Waals surface area (Å²) in [6, 6.07) is 0. The predicted molar refractivity (Wildman–Crippen MR) is 63.7 cm³/mol. The van der Waals surface area contributed by atoms with Crippen LogP contribution in [0.3, 0.4) is 0 Å². The minimum Gasteiger partial charge on any atom is -0.269 e. The first-order valence-corrected chi connectivity index (χ1v) is 5.88. The summed E-state index contributed by atoms with van der Waals surface area (Å²) in [4.78, 5) is 0. The Labute approximate surface area is 85.4 Å². The van der Waals surface area contributed by atoms with Gasteiger partial charge in [0.25, 0.3) is 0 Å². The molecule has 2 atom stereocenters. The number of hydrogen-bond donors (Lipinski definition) is 1. The minimum absolute atomic E-state index is 0.365. The van der Waals surface area contributed by atoms with E-state index in [4.69, 9.17) is 5.84 Å². The smallest absolute Gasteiger partial charge is 0.0137 e. The van der Waals surface area contributed by atoms with Crippen molar-refractivity contribution >= 4 is 9.24 Å². The van der Waals surface area contributed by atoms with Crippen LogP contribution < -0.4 is 5.84 Å². The van der Waals surface area contributed by atoms with E-state index in [-0.39, 0.29) is 0 Å². The molecule has 13 heavy (non-hydrogen) atoms. The number of nitrogens with two attached hydrogens (primary N) is 1. The molecule has 0 amide bonds. The summed E-state index contributed by atoms with van der Waals surface area (Å²) in [5.41, 5.74) is 0. The van der Waals surface area contributed by atoms with E-state index in [9.17, 15) is 0 Å². The van der Waals surface area contributed by atoms with Gasteiger partial charge in [0, 0.05) is 13.1 Å². The van der Waals surface area contributed by atoms with E-state index in [0.29, 0.717) is 5.16 Å². The first-order valence-electron chi connectivity index (χ1n) is 5.30. The molecule has 3 heteroatoms. The van der Waals surface area contributed by atoms with Gasteiger partial charge in [-0.3, -0.25) is 5.84 Å². The first-order chi connectivity index (χ1) is 6.02. The maximum Gasteiger partial charge on any atom is 0.0137 e. The standard InChI is InChI=1S/C10H25N2P/c1-4-6-8-12(11)9-7-10(3,13)5-2/h4-9,11,13H2,1-3H3. The third kappa shape index (κ3) is 7.42. The molecule has 0 radical (unpaired) electrons. The lowest BCUT2D eigenvalue weighted by Gasteiger charge is -2.25. The van der Waals surface area contributed by atoms with Gasteiger partial charge in [-0.05, 0) is 24.4 Å². The van der Waals surface area contributed by atoms with E-state index in [2.05, 4.69) is 30.0 Å². The fraction of sp³-hybridized carbons (Fsp3) is 1.00. The Kier molecular flexibility index (Phi) is 6.93. The normalized spacial score (nSPS) is 16.2. The summed E-state index contributed by atoms with van der Waals surface area (Å²) < 4.78 is 0. The highest BCUT2D eigenvalue weighted by Gasteiger charge is 2.15. The molecule has 0 aliphatic rings. The predicted octanol–water partition coefficient (Wildman–Crippen LogP) is 2.40. The topological polar surface area (TPSA) is 29.3 Å². The van der Waals surface area contributed by atoms with Gasteiger partial charge in [-0.15, -0.1) is 9.24 Å². The van der Waals surface area contributed by atoms with Crippen molar-refractivity contribution in [3.05, 3.63) is 0 Å². The molecule has 0 fully saturated rings. The van der Waals surface area contributed by atoms with E-state index in [1.54, 1.807) is 0 Å². The Morgan fingerprint density at radius 3 is 2.38 bits per heavy atom. The highest BCUT2D eigenvalue weighted by Crippen LogP contribution is 2.25. The number of hydrazine groups is 1. The van der Waals surface area contributed by atoms with Gasteiger partial charge >= 0.3 is 0 Å². The molecule has 2 N–H and O–H groups in total. The molecule has 0 heterocycles. The molecule has 0 saturated carbocycles. The van der Waals surface area contributed by atoms with Crippen LogP contribution in [0.15, 0.2) is 0 Å². The van der Waals surface area contributed by atoms with Crippen molar-refractivity contribution in [2.75, 3.05) is 13.1 Å². The SMILES string of the molecule is CCCCN(N)CCC(C)(P)CC. The Bertz CT molecular complexity index is 126. The second-order valence-electron chi connectivity index (χ2n) is 4.15. The molecule has 2 nitrogen and oxygen atoms in total. The zero-order valence-electron chi connectivity index (χ0n) is 9.34. The van der Waals surface area contributed by atoms with E-state index in [1.807, 2.05) is 5.01 Å². The third-order valence-corrected chi connectivity index (χ3v) is 3.27. The average molecular weight is 204 g/mol. The number of nitrogens with zero attached hydrogens (tertiary/aromatic N) is 1. The van der Waals surface area contributed by atoms with E-state index < -0.39 is 0 Å². The molecule has 0 aliphatic heterocycles. The lowest BCUT2D eigenvalue weighted by molar-refractivity contribution is 0.263. The third-order valence-electron chi connectivity index (χ3n) is 2.58. The van der Waals surface area contributed by atoms with E-state index in [1.165, 1.54) is 19.3 Å². The molecule has 0 spiro atoms. The molecule has 0 saturated heterocycles. The maximum absolute atomic E-state index is 5.85. The number of rotatable bonds is 7. The summed E-state index contributed by atoms with van der Waals surface area (Å²) >= 11 is 0. The van der Waals surface area contributed by atoms with Crippen molar-refractivity contribution in [2.24, 2.45) is 5.84 Å². The van der Waals surface area contributed by atoms with Crippen molar-refractivity contribution in [2.45, 2.75) is 51.6 Å². The summed E-state index contributed by atoms with van der Waals surface area (Å²) in [6.45, 7) is 8.72. The van der Waals surface area contributed by atoms with Gasteiger partial charge in [0.05, 0.1) is 0 Å². The molecular weight excluding hydrogens is 179 g/mol. The molecule has 0 aromatic carbocycles. The second kappa shape index (κ2) is 6.75. The molecule has 0 aromatic heterocycles. The zero-order valence-corrected chi connectivity index (χ0v) is 10.5. The molecule has 0 rings (SSSR count). The van der Waals surface area contributed by atoms with Crippen molar-refractivity contribution < 1.29 is 0 Å².